The number of carboxylic acid groups (broad SMARTS) is 1. The van der Waals surface area contributed by atoms with Crippen LogP contribution in [0.15, 0.2) is 16.8 Å². The molecule has 0 radical (unpaired) electrons. The van der Waals surface area contributed by atoms with Gasteiger partial charge in [-0.3, -0.25) is 14.9 Å². The molecule has 2 rings (SSSR count). The predicted octanol–water partition coefficient (Wildman–Crippen LogP) is 0.823. The molecule has 1 aromatic carbocycles. The van der Waals surface area contributed by atoms with Crippen molar-refractivity contribution in [1.29, 1.82) is 5.26 Å². The maximum absolute atomic E-state index is 10.9. The van der Waals surface area contributed by atoms with Gasteiger partial charge in [0.1, 0.15) is 5.52 Å². The molecule has 1 heterocycles. The Bertz CT molecular complexity index is 686. The number of carbonyl (C=O) groups is 1. The normalized spacial score (nSPS) is 11.9. The Morgan fingerprint density at radius 2 is 2.17 bits per heavy atom. The van der Waals surface area contributed by atoms with E-state index in [0.29, 0.717) is 0 Å². The summed E-state index contributed by atoms with van der Waals surface area (Å²) in [5.74, 6) is -2.86. The van der Waals surface area contributed by atoms with Gasteiger partial charge in [0.15, 0.2) is 5.92 Å². The minimum Gasteiger partial charge on any atom is -0.480 e. The summed E-state index contributed by atoms with van der Waals surface area (Å²) in [5, 5.41) is 35.1. The monoisotopic (exact) mass is 248 g/mol. The van der Waals surface area contributed by atoms with E-state index in [-0.39, 0.29) is 22.3 Å². The number of hydrogen-bond donors (Lipinski definition) is 1. The van der Waals surface area contributed by atoms with Gasteiger partial charge < -0.3 is 5.11 Å². The third kappa shape index (κ3) is 1.61. The lowest BCUT2D eigenvalue weighted by molar-refractivity contribution is -0.383. The minimum atomic E-state index is -1.49. The van der Waals surface area contributed by atoms with Crippen LogP contribution >= 0.6 is 0 Å². The number of rotatable bonds is 3. The van der Waals surface area contributed by atoms with E-state index in [2.05, 4.69) is 14.9 Å². The molecule has 0 aliphatic heterocycles. The number of nitrogens with zero attached hydrogens (tertiary/aromatic N) is 4. The van der Waals surface area contributed by atoms with Gasteiger partial charge in [0.25, 0.3) is 0 Å². The SMILES string of the molecule is N#CC(C(=O)O)c1ccc([N+](=O)[O-])c2nonc12. The number of aliphatic carboxylic acids is 1. The topological polar surface area (TPSA) is 143 Å². The number of benzene rings is 1. The van der Waals surface area contributed by atoms with Gasteiger partial charge in [-0.15, -0.1) is 0 Å². The van der Waals surface area contributed by atoms with E-state index in [0.717, 1.165) is 12.1 Å². The summed E-state index contributed by atoms with van der Waals surface area (Å²) < 4.78 is 4.36. The molecule has 0 aliphatic carbocycles. The fourth-order valence-corrected chi connectivity index (χ4v) is 1.51. The van der Waals surface area contributed by atoms with Crippen LogP contribution in [0.4, 0.5) is 5.69 Å². The molecule has 1 N–H and O–H groups in total. The quantitative estimate of drug-likeness (QED) is 0.620. The minimum absolute atomic E-state index is 0.00634. The molecule has 0 amide bonds. The summed E-state index contributed by atoms with van der Waals surface area (Å²) in [4.78, 5) is 20.9. The van der Waals surface area contributed by atoms with Crippen molar-refractivity contribution >= 4 is 22.7 Å². The summed E-state index contributed by atoms with van der Waals surface area (Å²) in [7, 11) is 0. The molecule has 90 valence electrons. The predicted molar refractivity (Wildman–Crippen MR) is 54.4 cm³/mol. The number of fused-ring (bicyclic) bond motifs is 1. The Labute approximate surface area is 98.3 Å². The lowest BCUT2D eigenvalue weighted by Gasteiger charge is -2.03. The van der Waals surface area contributed by atoms with Crippen molar-refractivity contribution in [2.24, 2.45) is 0 Å². The fourth-order valence-electron chi connectivity index (χ4n) is 1.51. The Morgan fingerprint density at radius 3 is 2.72 bits per heavy atom. The Hall–Kier alpha value is -3.02. The van der Waals surface area contributed by atoms with Crippen molar-refractivity contribution in [2.45, 2.75) is 5.92 Å². The van der Waals surface area contributed by atoms with Gasteiger partial charge in [0, 0.05) is 11.6 Å². The Kier molecular flexibility index (Phi) is 2.61. The van der Waals surface area contributed by atoms with Crippen molar-refractivity contribution in [3.05, 3.63) is 27.8 Å². The first-order valence-electron chi connectivity index (χ1n) is 4.58. The fraction of sp³-hybridized carbons (Fsp3) is 0.111. The number of hydrogen-bond acceptors (Lipinski definition) is 7. The zero-order valence-electron chi connectivity index (χ0n) is 8.60. The molecular weight excluding hydrogens is 244 g/mol. The first kappa shape index (κ1) is 11.5. The maximum atomic E-state index is 10.9. The number of non-ortho nitro benzene ring substituents is 1. The lowest BCUT2D eigenvalue weighted by Crippen LogP contribution is -2.10. The molecule has 0 fully saturated rings. The van der Waals surface area contributed by atoms with Crippen LogP contribution in [-0.2, 0) is 4.79 Å². The summed E-state index contributed by atoms with van der Waals surface area (Å²) in [6.07, 6.45) is 0. The summed E-state index contributed by atoms with van der Waals surface area (Å²) in [6.45, 7) is 0. The van der Waals surface area contributed by atoms with Gasteiger partial charge in [-0.1, -0.05) is 0 Å². The van der Waals surface area contributed by atoms with E-state index in [1.54, 1.807) is 6.07 Å². The van der Waals surface area contributed by atoms with E-state index in [9.17, 15) is 14.9 Å². The van der Waals surface area contributed by atoms with E-state index in [4.69, 9.17) is 10.4 Å². The molecule has 1 aromatic heterocycles. The summed E-state index contributed by atoms with van der Waals surface area (Å²) >= 11 is 0. The van der Waals surface area contributed by atoms with Crippen LogP contribution in [0, 0.1) is 21.4 Å². The zero-order valence-corrected chi connectivity index (χ0v) is 8.60. The molecule has 18 heavy (non-hydrogen) atoms. The average molecular weight is 248 g/mol. The van der Waals surface area contributed by atoms with Crippen LogP contribution in [0.3, 0.4) is 0 Å². The van der Waals surface area contributed by atoms with Crippen molar-refractivity contribution in [2.75, 3.05) is 0 Å². The van der Waals surface area contributed by atoms with Crippen LogP contribution in [0.25, 0.3) is 11.0 Å². The second kappa shape index (κ2) is 4.10. The third-order valence-electron chi connectivity index (χ3n) is 2.31. The zero-order chi connectivity index (χ0) is 13.3. The van der Waals surface area contributed by atoms with Crippen LogP contribution in [-0.4, -0.2) is 26.3 Å². The highest BCUT2D eigenvalue weighted by Gasteiger charge is 2.27. The van der Waals surface area contributed by atoms with Crippen LogP contribution < -0.4 is 0 Å². The van der Waals surface area contributed by atoms with Gasteiger partial charge in [0.2, 0.25) is 5.52 Å². The van der Waals surface area contributed by atoms with Gasteiger partial charge in [0.05, 0.1) is 11.0 Å². The summed E-state index contributed by atoms with van der Waals surface area (Å²) in [6, 6.07) is 3.79. The maximum Gasteiger partial charge on any atom is 0.325 e. The van der Waals surface area contributed by atoms with Gasteiger partial charge in [-0.2, -0.15) is 5.26 Å². The molecule has 0 bridgehead atoms. The van der Waals surface area contributed by atoms with Crippen LogP contribution in [0.5, 0.6) is 0 Å². The van der Waals surface area contributed by atoms with E-state index >= 15 is 0 Å². The molecule has 0 aliphatic rings. The lowest BCUT2D eigenvalue weighted by atomic mass is 9.99. The molecule has 9 heteroatoms. The van der Waals surface area contributed by atoms with Gasteiger partial charge in [-0.25, -0.2) is 4.63 Å². The Morgan fingerprint density at radius 1 is 1.50 bits per heavy atom. The number of nitro benzene ring substituents is 1. The molecule has 0 saturated carbocycles. The first-order chi connectivity index (χ1) is 8.56. The molecule has 2 aromatic rings. The summed E-state index contributed by atoms with van der Waals surface area (Å²) in [5.41, 5.74) is -0.638. The van der Waals surface area contributed by atoms with Crippen molar-refractivity contribution in [3.8, 4) is 6.07 Å². The third-order valence-corrected chi connectivity index (χ3v) is 2.31. The van der Waals surface area contributed by atoms with Crippen molar-refractivity contribution in [1.82, 2.24) is 10.3 Å². The standard InChI is InChI=1S/C9H4N4O5/c10-3-5(9(14)15)4-1-2-6(13(16)17)8-7(4)11-18-12-8/h1-2,5H,(H,14,15). The van der Waals surface area contributed by atoms with E-state index < -0.39 is 16.8 Å². The molecule has 0 spiro atoms. The highest BCUT2D eigenvalue weighted by atomic mass is 16.6. The molecule has 1 unspecified atom stereocenters. The molecule has 9 nitrogen and oxygen atoms in total. The van der Waals surface area contributed by atoms with Gasteiger partial charge >= 0.3 is 11.7 Å². The Balaban J connectivity index is 2.73. The number of nitro groups is 1. The first-order valence-corrected chi connectivity index (χ1v) is 4.58. The molecule has 0 saturated heterocycles. The number of aromatic nitrogens is 2. The highest BCUT2D eigenvalue weighted by molar-refractivity contribution is 5.91. The van der Waals surface area contributed by atoms with Crippen LogP contribution in [0.1, 0.15) is 11.5 Å². The van der Waals surface area contributed by atoms with E-state index in [1.807, 2.05) is 0 Å². The molecular formula is C9H4N4O5. The van der Waals surface area contributed by atoms with Gasteiger partial charge in [-0.05, 0) is 16.4 Å². The number of nitriles is 1. The van der Waals surface area contributed by atoms with Crippen LogP contribution in [0.2, 0.25) is 0 Å². The average Bonchev–Trinajstić information content (AvgIpc) is 2.78. The smallest absolute Gasteiger partial charge is 0.325 e. The second-order valence-corrected chi connectivity index (χ2v) is 3.29. The number of carboxylic acids is 1. The highest BCUT2D eigenvalue weighted by Crippen LogP contribution is 2.29. The largest absolute Gasteiger partial charge is 0.480 e. The molecule has 1 atom stereocenters. The van der Waals surface area contributed by atoms with E-state index in [1.165, 1.54) is 0 Å². The van der Waals surface area contributed by atoms with Crippen molar-refractivity contribution < 1.29 is 19.5 Å². The van der Waals surface area contributed by atoms with Crippen molar-refractivity contribution in [3.63, 3.8) is 0 Å². The second-order valence-electron chi connectivity index (χ2n) is 3.29.